The van der Waals surface area contributed by atoms with Crippen LogP contribution in [0.2, 0.25) is 0 Å². The lowest BCUT2D eigenvalue weighted by Crippen LogP contribution is -2.27. The molecule has 1 heterocycles. The molecule has 6 nitrogen and oxygen atoms in total. The van der Waals surface area contributed by atoms with Gasteiger partial charge in [-0.3, -0.25) is 14.6 Å². The SMILES string of the molecule is CC(CCNC(=O)c1ccnc(CN)c1)C(=O)O. The zero-order chi connectivity index (χ0) is 13.5. The number of hydrogen-bond acceptors (Lipinski definition) is 4. The standard InChI is InChI=1S/C12H17N3O3/c1-8(12(17)18)2-4-15-11(16)9-3-5-14-10(6-9)7-13/h3,5-6,8H,2,4,7,13H2,1H3,(H,15,16)(H,17,18). The van der Waals surface area contributed by atoms with Crippen molar-refractivity contribution < 1.29 is 14.7 Å². The molecule has 18 heavy (non-hydrogen) atoms. The number of rotatable bonds is 6. The molecule has 0 aromatic carbocycles. The van der Waals surface area contributed by atoms with Crippen LogP contribution < -0.4 is 11.1 Å². The van der Waals surface area contributed by atoms with E-state index in [4.69, 9.17) is 10.8 Å². The Morgan fingerprint density at radius 3 is 2.89 bits per heavy atom. The second-order valence-corrected chi connectivity index (χ2v) is 4.02. The van der Waals surface area contributed by atoms with Crippen molar-refractivity contribution in [2.75, 3.05) is 6.54 Å². The fourth-order valence-corrected chi connectivity index (χ4v) is 1.36. The smallest absolute Gasteiger partial charge is 0.306 e. The summed E-state index contributed by atoms with van der Waals surface area (Å²) in [6.07, 6.45) is 1.92. The van der Waals surface area contributed by atoms with E-state index in [1.54, 1.807) is 19.1 Å². The van der Waals surface area contributed by atoms with Gasteiger partial charge < -0.3 is 16.2 Å². The molecule has 1 amide bonds. The van der Waals surface area contributed by atoms with Crippen LogP contribution >= 0.6 is 0 Å². The van der Waals surface area contributed by atoms with Gasteiger partial charge >= 0.3 is 5.97 Å². The minimum atomic E-state index is -0.862. The van der Waals surface area contributed by atoms with Crippen molar-refractivity contribution in [3.8, 4) is 0 Å². The maximum atomic E-state index is 11.7. The summed E-state index contributed by atoms with van der Waals surface area (Å²) in [4.78, 5) is 26.3. The first-order chi connectivity index (χ1) is 8.54. The number of aromatic nitrogens is 1. The van der Waals surface area contributed by atoms with Crippen LogP contribution in [0.4, 0.5) is 0 Å². The van der Waals surface area contributed by atoms with Crippen molar-refractivity contribution in [2.24, 2.45) is 11.7 Å². The molecule has 0 saturated heterocycles. The van der Waals surface area contributed by atoms with Crippen LogP contribution in [0.5, 0.6) is 0 Å². The molecule has 1 unspecified atom stereocenters. The van der Waals surface area contributed by atoms with Crippen molar-refractivity contribution in [1.82, 2.24) is 10.3 Å². The summed E-state index contributed by atoms with van der Waals surface area (Å²) in [5, 5.41) is 11.4. The molecule has 98 valence electrons. The maximum Gasteiger partial charge on any atom is 0.306 e. The molecule has 0 aliphatic rings. The zero-order valence-corrected chi connectivity index (χ0v) is 10.2. The summed E-state index contributed by atoms with van der Waals surface area (Å²) in [5.41, 5.74) is 6.55. The Morgan fingerprint density at radius 2 is 2.28 bits per heavy atom. The second-order valence-electron chi connectivity index (χ2n) is 4.02. The molecule has 0 saturated carbocycles. The normalized spacial score (nSPS) is 11.9. The third kappa shape index (κ3) is 4.14. The summed E-state index contributed by atoms with van der Waals surface area (Å²) in [6.45, 7) is 2.21. The monoisotopic (exact) mass is 251 g/mol. The molecular formula is C12H17N3O3. The van der Waals surface area contributed by atoms with Gasteiger partial charge in [-0.2, -0.15) is 0 Å². The van der Waals surface area contributed by atoms with Gasteiger partial charge in [0.15, 0.2) is 0 Å². The van der Waals surface area contributed by atoms with Crippen LogP contribution in [0, 0.1) is 5.92 Å². The molecule has 4 N–H and O–H groups in total. The van der Waals surface area contributed by atoms with Crippen molar-refractivity contribution in [2.45, 2.75) is 19.9 Å². The van der Waals surface area contributed by atoms with Gasteiger partial charge in [-0.05, 0) is 18.6 Å². The number of aliphatic carboxylic acids is 1. The van der Waals surface area contributed by atoms with Gasteiger partial charge in [0.1, 0.15) is 0 Å². The zero-order valence-electron chi connectivity index (χ0n) is 10.2. The van der Waals surface area contributed by atoms with Gasteiger partial charge in [0.2, 0.25) is 0 Å². The number of carboxylic acids is 1. The molecule has 1 atom stereocenters. The van der Waals surface area contributed by atoms with E-state index in [0.29, 0.717) is 24.2 Å². The third-order valence-electron chi connectivity index (χ3n) is 2.57. The Balaban J connectivity index is 2.47. The van der Waals surface area contributed by atoms with Gasteiger partial charge in [0.25, 0.3) is 5.91 Å². The van der Waals surface area contributed by atoms with E-state index in [0.717, 1.165) is 0 Å². The van der Waals surface area contributed by atoms with Crippen LogP contribution in [0.1, 0.15) is 29.4 Å². The predicted octanol–water partition coefficient (Wildman–Crippen LogP) is 0.381. The van der Waals surface area contributed by atoms with Crippen molar-refractivity contribution in [3.63, 3.8) is 0 Å². The topological polar surface area (TPSA) is 105 Å². The lowest BCUT2D eigenvalue weighted by Gasteiger charge is -2.08. The molecule has 0 bridgehead atoms. The molecule has 0 fully saturated rings. The van der Waals surface area contributed by atoms with E-state index in [2.05, 4.69) is 10.3 Å². The first kappa shape index (κ1) is 14.1. The fourth-order valence-electron chi connectivity index (χ4n) is 1.36. The molecule has 0 aliphatic carbocycles. The highest BCUT2D eigenvalue weighted by atomic mass is 16.4. The minimum absolute atomic E-state index is 0.246. The number of pyridine rings is 1. The Bertz CT molecular complexity index is 434. The van der Waals surface area contributed by atoms with Crippen molar-refractivity contribution in [3.05, 3.63) is 29.6 Å². The molecule has 0 aliphatic heterocycles. The summed E-state index contributed by atoms with van der Waals surface area (Å²) < 4.78 is 0. The second kappa shape index (κ2) is 6.70. The largest absolute Gasteiger partial charge is 0.481 e. The average Bonchev–Trinajstić information content (AvgIpc) is 2.38. The van der Waals surface area contributed by atoms with Crippen LogP contribution in [-0.2, 0) is 11.3 Å². The van der Waals surface area contributed by atoms with E-state index in [9.17, 15) is 9.59 Å². The lowest BCUT2D eigenvalue weighted by molar-refractivity contribution is -0.141. The number of hydrogen-bond donors (Lipinski definition) is 3. The quantitative estimate of drug-likeness (QED) is 0.678. The van der Waals surface area contributed by atoms with Gasteiger partial charge in [0.05, 0.1) is 11.6 Å². The highest BCUT2D eigenvalue weighted by Crippen LogP contribution is 2.03. The van der Waals surface area contributed by atoms with E-state index >= 15 is 0 Å². The summed E-state index contributed by atoms with van der Waals surface area (Å²) in [7, 11) is 0. The van der Waals surface area contributed by atoms with Crippen molar-refractivity contribution in [1.29, 1.82) is 0 Å². The highest BCUT2D eigenvalue weighted by Gasteiger charge is 2.11. The maximum absolute atomic E-state index is 11.7. The molecule has 1 aromatic heterocycles. The number of nitrogens with two attached hydrogens (primary N) is 1. The molecular weight excluding hydrogens is 234 g/mol. The van der Waals surface area contributed by atoms with Gasteiger partial charge in [0, 0.05) is 24.8 Å². The van der Waals surface area contributed by atoms with Gasteiger partial charge in [-0.15, -0.1) is 0 Å². The Hall–Kier alpha value is -1.95. The molecule has 1 aromatic rings. The highest BCUT2D eigenvalue weighted by molar-refractivity contribution is 5.94. The summed E-state index contributed by atoms with van der Waals surface area (Å²) >= 11 is 0. The van der Waals surface area contributed by atoms with Crippen LogP contribution in [0.3, 0.4) is 0 Å². The lowest BCUT2D eigenvalue weighted by atomic mass is 10.1. The van der Waals surface area contributed by atoms with Crippen LogP contribution in [0.15, 0.2) is 18.3 Å². The fraction of sp³-hybridized carbons (Fsp3) is 0.417. The summed E-state index contributed by atoms with van der Waals surface area (Å²) in [6, 6.07) is 3.21. The first-order valence-electron chi connectivity index (χ1n) is 5.70. The number of carbonyl (C=O) groups is 2. The number of amides is 1. The third-order valence-corrected chi connectivity index (χ3v) is 2.57. The van der Waals surface area contributed by atoms with Crippen LogP contribution in [0.25, 0.3) is 0 Å². The molecule has 1 rings (SSSR count). The molecule has 0 radical (unpaired) electrons. The van der Waals surface area contributed by atoms with E-state index in [-0.39, 0.29) is 12.5 Å². The van der Waals surface area contributed by atoms with E-state index in [1.807, 2.05) is 0 Å². The van der Waals surface area contributed by atoms with E-state index in [1.165, 1.54) is 6.20 Å². The number of carboxylic acid groups (broad SMARTS) is 1. The number of nitrogens with one attached hydrogen (secondary N) is 1. The van der Waals surface area contributed by atoms with Gasteiger partial charge in [-0.25, -0.2) is 0 Å². The predicted molar refractivity (Wildman–Crippen MR) is 65.9 cm³/mol. The Labute approximate surface area is 105 Å². The number of nitrogens with zero attached hydrogens (tertiary/aromatic N) is 1. The van der Waals surface area contributed by atoms with Gasteiger partial charge in [-0.1, -0.05) is 6.92 Å². The average molecular weight is 251 g/mol. The Kier molecular flexibility index (Phi) is 5.26. The number of carbonyl (C=O) groups excluding carboxylic acids is 1. The Morgan fingerprint density at radius 1 is 1.56 bits per heavy atom. The summed E-state index contributed by atoms with van der Waals surface area (Å²) in [5.74, 6) is -1.58. The first-order valence-corrected chi connectivity index (χ1v) is 5.70. The van der Waals surface area contributed by atoms with Crippen molar-refractivity contribution >= 4 is 11.9 Å². The molecule has 6 heteroatoms. The minimum Gasteiger partial charge on any atom is -0.481 e. The van der Waals surface area contributed by atoms with E-state index < -0.39 is 11.9 Å². The molecule has 0 spiro atoms. The van der Waals surface area contributed by atoms with Crippen LogP contribution in [-0.4, -0.2) is 28.5 Å².